The van der Waals surface area contributed by atoms with E-state index in [1.54, 1.807) is 0 Å². The first kappa shape index (κ1) is 27.9. The molecule has 0 spiro atoms. The minimum atomic E-state index is -0.567. The number of benzene rings is 4. The summed E-state index contributed by atoms with van der Waals surface area (Å²) in [5.41, 5.74) is 7.08. The van der Waals surface area contributed by atoms with Crippen molar-refractivity contribution in [2.75, 3.05) is 6.54 Å². The summed E-state index contributed by atoms with van der Waals surface area (Å²) < 4.78 is -0.567. The Kier molecular flexibility index (Phi) is 7.42. The Bertz CT molecular complexity index is 1890. The number of aliphatic imine (C=N–C) groups is 2. The zero-order valence-electron chi connectivity index (χ0n) is 23.9. The van der Waals surface area contributed by atoms with E-state index in [0.717, 1.165) is 50.0 Å². The van der Waals surface area contributed by atoms with Gasteiger partial charge in [0.2, 0.25) is 0 Å². The maximum absolute atomic E-state index is 9.65. The van der Waals surface area contributed by atoms with Crippen LogP contribution in [-0.2, 0) is 0 Å². The van der Waals surface area contributed by atoms with Gasteiger partial charge in [-0.05, 0) is 69.3 Å². The average Bonchev–Trinajstić information content (AvgIpc) is 3.30. The summed E-state index contributed by atoms with van der Waals surface area (Å²) in [6.07, 6.45) is 10.9. The number of halogens is 1. The molecule has 1 aliphatic carbocycles. The number of hydrogen-bond acceptors (Lipinski definition) is 4. The molecule has 5 heteroatoms. The molecule has 6 rings (SSSR count). The Morgan fingerprint density at radius 2 is 1.60 bits per heavy atom. The van der Waals surface area contributed by atoms with Gasteiger partial charge < -0.3 is 5.32 Å². The fourth-order valence-corrected chi connectivity index (χ4v) is 6.33. The molecule has 0 saturated carbocycles. The zero-order chi connectivity index (χ0) is 29.3. The number of rotatable bonds is 4. The van der Waals surface area contributed by atoms with E-state index in [0.29, 0.717) is 17.9 Å². The normalized spacial score (nSPS) is 19.5. The predicted molar refractivity (Wildman–Crippen MR) is 183 cm³/mol. The van der Waals surface area contributed by atoms with Gasteiger partial charge in [0.1, 0.15) is 5.84 Å². The van der Waals surface area contributed by atoms with Gasteiger partial charge in [-0.2, -0.15) is 5.26 Å². The van der Waals surface area contributed by atoms with Crippen molar-refractivity contribution < 1.29 is 0 Å². The molecule has 2 aliphatic rings. The third-order valence-corrected chi connectivity index (χ3v) is 8.99. The second-order valence-corrected chi connectivity index (χ2v) is 13.1. The van der Waals surface area contributed by atoms with Gasteiger partial charge in [0.15, 0.2) is 9.38 Å². The van der Waals surface area contributed by atoms with Gasteiger partial charge >= 0.3 is 0 Å². The van der Waals surface area contributed by atoms with Crippen LogP contribution >= 0.6 is 22.6 Å². The number of allylic oxidation sites excluding steroid dienone is 4. The van der Waals surface area contributed by atoms with E-state index >= 15 is 0 Å². The SMILES string of the molecule is Cc1cc(C2=NC(I)(C3=CC(C)(C)C=CC=C3)CNC(c3ccccc3)=N2)ccc1-c1ccc(C#N)c2ccccc12. The topological polar surface area (TPSA) is 60.5 Å². The highest BCUT2D eigenvalue weighted by Gasteiger charge is 2.34. The zero-order valence-corrected chi connectivity index (χ0v) is 26.1. The van der Waals surface area contributed by atoms with Crippen LogP contribution in [0.25, 0.3) is 21.9 Å². The summed E-state index contributed by atoms with van der Waals surface area (Å²) in [7, 11) is 0. The minimum absolute atomic E-state index is 0.0930. The summed E-state index contributed by atoms with van der Waals surface area (Å²) in [6.45, 7) is 7.16. The van der Waals surface area contributed by atoms with Gasteiger partial charge in [-0.3, -0.25) is 0 Å². The maximum atomic E-state index is 9.65. The lowest BCUT2D eigenvalue weighted by molar-refractivity contribution is 0.610. The highest BCUT2D eigenvalue weighted by atomic mass is 127. The predicted octanol–water partition coefficient (Wildman–Crippen LogP) is 8.69. The van der Waals surface area contributed by atoms with E-state index in [2.05, 4.69) is 128 Å². The Morgan fingerprint density at radius 3 is 2.36 bits per heavy atom. The van der Waals surface area contributed by atoms with E-state index < -0.39 is 3.55 Å². The summed E-state index contributed by atoms with van der Waals surface area (Å²) in [5.74, 6) is 1.50. The van der Waals surface area contributed by atoms with Gasteiger partial charge in [0, 0.05) is 21.9 Å². The lowest BCUT2D eigenvalue weighted by Crippen LogP contribution is -2.37. The molecule has 0 saturated heterocycles. The van der Waals surface area contributed by atoms with Gasteiger partial charge in [-0.1, -0.05) is 117 Å². The molecular weight excluding hydrogens is 627 g/mol. The first-order chi connectivity index (χ1) is 20.3. The molecule has 0 radical (unpaired) electrons. The molecule has 42 heavy (non-hydrogen) atoms. The van der Waals surface area contributed by atoms with Crippen molar-refractivity contribution in [2.24, 2.45) is 15.4 Å². The van der Waals surface area contributed by atoms with Crippen LogP contribution in [0, 0.1) is 23.7 Å². The minimum Gasteiger partial charge on any atom is -0.366 e. The molecule has 4 aromatic carbocycles. The van der Waals surface area contributed by atoms with E-state index in [1.807, 2.05) is 42.5 Å². The van der Waals surface area contributed by atoms with Gasteiger partial charge in [-0.25, -0.2) is 9.98 Å². The van der Waals surface area contributed by atoms with Crippen molar-refractivity contribution in [1.29, 1.82) is 5.26 Å². The molecule has 0 fully saturated rings. The number of nitrogens with zero attached hydrogens (tertiary/aromatic N) is 3. The number of fused-ring (bicyclic) bond motifs is 1. The lowest BCUT2D eigenvalue weighted by Gasteiger charge is -2.27. The van der Waals surface area contributed by atoms with Crippen LogP contribution in [0.3, 0.4) is 0 Å². The number of aryl methyl sites for hydroxylation is 1. The van der Waals surface area contributed by atoms with Crippen LogP contribution in [0.5, 0.6) is 0 Å². The summed E-state index contributed by atoms with van der Waals surface area (Å²) in [4.78, 5) is 10.5. The molecule has 1 unspecified atom stereocenters. The van der Waals surface area contributed by atoms with Crippen molar-refractivity contribution in [2.45, 2.75) is 24.3 Å². The Balaban J connectivity index is 1.48. The standard InChI is InChI=1S/C37H31IN4/c1-25-21-27(16-18-30(25)33-19-17-28(23-39)31-14-7-8-15-32(31)33)35-41-34(26-11-5-4-6-12-26)40-24-37(38,42-35)29-13-9-10-20-36(2,3)22-29/h4-22H,24H2,1-3H3,(H,40,41,42). The van der Waals surface area contributed by atoms with Crippen LogP contribution in [-0.4, -0.2) is 21.8 Å². The van der Waals surface area contributed by atoms with Crippen LogP contribution < -0.4 is 5.32 Å². The van der Waals surface area contributed by atoms with Crippen LogP contribution in [0.4, 0.5) is 0 Å². The van der Waals surface area contributed by atoms with Gasteiger partial charge in [0.25, 0.3) is 0 Å². The molecule has 0 aromatic heterocycles. The highest BCUT2D eigenvalue weighted by molar-refractivity contribution is 14.1. The number of amidine groups is 2. The smallest absolute Gasteiger partial charge is 0.158 e. The molecule has 1 aliphatic heterocycles. The van der Waals surface area contributed by atoms with Crippen molar-refractivity contribution in [3.63, 3.8) is 0 Å². The van der Waals surface area contributed by atoms with Crippen LogP contribution in [0.2, 0.25) is 0 Å². The third-order valence-electron chi connectivity index (χ3n) is 7.74. The van der Waals surface area contributed by atoms with Crippen molar-refractivity contribution in [3.8, 4) is 17.2 Å². The number of hydrogen-bond donors (Lipinski definition) is 1. The van der Waals surface area contributed by atoms with Crippen molar-refractivity contribution in [1.82, 2.24) is 5.32 Å². The Hall–Kier alpha value is -4.28. The van der Waals surface area contributed by atoms with Crippen molar-refractivity contribution >= 4 is 45.0 Å². The van der Waals surface area contributed by atoms with Crippen LogP contribution in [0.15, 0.2) is 131 Å². The van der Waals surface area contributed by atoms with E-state index in [-0.39, 0.29) is 5.41 Å². The third kappa shape index (κ3) is 5.47. The molecule has 0 amide bonds. The van der Waals surface area contributed by atoms with Gasteiger partial charge in [0.05, 0.1) is 18.2 Å². The van der Waals surface area contributed by atoms with E-state index in [9.17, 15) is 5.26 Å². The number of nitriles is 1. The van der Waals surface area contributed by atoms with E-state index in [1.165, 1.54) is 0 Å². The number of alkyl halides is 1. The average molecular weight is 659 g/mol. The van der Waals surface area contributed by atoms with Gasteiger partial charge in [-0.15, -0.1) is 0 Å². The molecule has 4 aromatic rings. The Labute approximate surface area is 261 Å². The quantitative estimate of drug-likeness (QED) is 0.136. The molecule has 4 nitrogen and oxygen atoms in total. The van der Waals surface area contributed by atoms with Crippen molar-refractivity contribution in [3.05, 3.63) is 143 Å². The molecule has 1 atom stereocenters. The largest absolute Gasteiger partial charge is 0.366 e. The highest BCUT2D eigenvalue weighted by Crippen LogP contribution is 2.38. The molecule has 0 bridgehead atoms. The fraction of sp³-hybridized carbons (Fsp3) is 0.162. The lowest BCUT2D eigenvalue weighted by atomic mass is 9.89. The molecular formula is C37H31IN4. The molecule has 1 heterocycles. The molecule has 1 N–H and O–H groups in total. The summed E-state index contributed by atoms with van der Waals surface area (Å²) >= 11 is 2.48. The number of nitrogens with one attached hydrogen (secondary N) is 1. The maximum Gasteiger partial charge on any atom is 0.158 e. The summed E-state index contributed by atoms with van der Waals surface area (Å²) in [6, 6.07) is 31.1. The monoisotopic (exact) mass is 658 g/mol. The van der Waals surface area contributed by atoms with E-state index in [4.69, 9.17) is 9.98 Å². The Morgan fingerprint density at radius 1 is 0.857 bits per heavy atom. The first-order valence-electron chi connectivity index (χ1n) is 14.1. The fourth-order valence-electron chi connectivity index (χ4n) is 5.57. The summed E-state index contributed by atoms with van der Waals surface area (Å²) in [5, 5.41) is 15.3. The second-order valence-electron chi connectivity index (χ2n) is 11.4. The van der Waals surface area contributed by atoms with Crippen LogP contribution in [0.1, 0.15) is 36.1 Å². The second kappa shape index (κ2) is 11.2. The first-order valence-corrected chi connectivity index (χ1v) is 15.1. The molecule has 206 valence electrons.